The largest absolute Gasteiger partial charge is 1.00 e. The minimum Gasteiger partial charge on any atom is -1.00 e. The highest BCUT2D eigenvalue weighted by atomic mass is 79.9. The fraction of sp³-hybridized carbons (Fsp3) is 0.286. The number of pyridine rings is 2. The normalized spacial score (nSPS) is 14.2. The Morgan fingerprint density at radius 1 is 0.500 bits per heavy atom. The van der Waals surface area contributed by atoms with Crippen LogP contribution in [0.2, 0.25) is 10.0 Å². The Hall–Kier alpha value is -2.46. The van der Waals surface area contributed by atoms with E-state index < -0.39 is 0 Å². The molecule has 8 rings (SSSR count). The van der Waals surface area contributed by atoms with E-state index in [-0.39, 0.29) is 34.0 Å². The molecule has 0 bridgehead atoms. The van der Waals surface area contributed by atoms with Gasteiger partial charge >= 0.3 is 0 Å². The van der Waals surface area contributed by atoms with Gasteiger partial charge in [-0.15, -0.1) is 23.5 Å². The maximum atomic E-state index is 6.47. The van der Waals surface area contributed by atoms with Crippen LogP contribution in [0, 0.1) is 0 Å². The number of fused-ring (bicyclic) bond motifs is 2. The predicted octanol–water partition coefficient (Wildman–Crippen LogP) is 4.06. The number of thioether (sulfide) groups is 2. The van der Waals surface area contributed by atoms with Crippen molar-refractivity contribution in [2.24, 2.45) is 0 Å². The van der Waals surface area contributed by atoms with Crippen molar-refractivity contribution < 1.29 is 43.1 Å². The Labute approximate surface area is 347 Å². The number of halogens is 4. The summed E-state index contributed by atoms with van der Waals surface area (Å²) in [6.45, 7) is 6.17. The van der Waals surface area contributed by atoms with Crippen molar-refractivity contribution >= 4 is 79.9 Å². The Morgan fingerprint density at radius 3 is 1.27 bits per heavy atom. The van der Waals surface area contributed by atoms with Gasteiger partial charge in [-0.05, 0) is 74.2 Å². The molecule has 0 amide bonds. The van der Waals surface area contributed by atoms with Gasteiger partial charge in [0.05, 0.1) is 22.1 Å². The Kier molecular flexibility index (Phi) is 13.8. The molecule has 0 N–H and O–H groups in total. The third-order valence-electron chi connectivity index (χ3n) is 9.98. The van der Waals surface area contributed by atoms with E-state index >= 15 is 0 Å². The molecule has 0 spiro atoms. The summed E-state index contributed by atoms with van der Waals surface area (Å²) in [6, 6.07) is 35.3. The van der Waals surface area contributed by atoms with E-state index in [1.807, 2.05) is 35.7 Å². The molecule has 4 aromatic carbocycles. The number of hydrogen-bond acceptors (Lipinski definition) is 4. The lowest BCUT2D eigenvalue weighted by atomic mass is 10.1. The van der Waals surface area contributed by atoms with E-state index in [0.29, 0.717) is 0 Å². The lowest BCUT2D eigenvalue weighted by Crippen LogP contribution is -3.00. The van der Waals surface area contributed by atoms with Crippen LogP contribution in [0.3, 0.4) is 0 Å². The lowest BCUT2D eigenvalue weighted by molar-refractivity contribution is -0.662. The highest BCUT2D eigenvalue weighted by Gasteiger charge is 2.22. The molecule has 0 unspecified atom stereocenters. The summed E-state index contributed by atoms with van der Waals surface area (Å²) in [5.41, 5.74) is 7.61. The van der Waals surface area contributed by atoms with Crippen molar-refractivity contribution in [1.82, 2.24) is 0 Å². The molecule has 2 saturated heterocycles. The summed E-state index contributed by atoms with van der Waals surface area (Å²) >= 11 is 16.8. The van der Waals surface area contributed by atoms with Crippen LogP contribution in [0.25, 0.3) is 21.8 Å². The van der Waals surface area contributed by atoms with Crippen LogP contribution in [0.5, 0.6) is 0 Å². The number of anilines is 2. The van der Waals surface area contributed by atoms with Crippen LogP contribution >= 0.6 is 46.7 Å². The second kappa shape index (κ2) is 18.2. The fourth-order valence-electron chi connectivity index (χ4n) is 7.42. The molecular weight excluding hydrogens is 855 g/mol. The molecule has 2 fully saturated rings. The summed E-state index contributed by atoms with van der Waals surface area (Å²) in [7, 11) is 0. The van der Waals surface area contributed by atoms with Gasteiger partial charge in [-0.2, -0.15) is 9.13 Å². The van der Waals surface area contributed by atoms with E-state index in [2.05, 4.69) is 116 Å². The molecule has 6 aromatic rings. The van der Waals surface area contributed by atoms with Gasteiger partial charge < -0.3 is 43.8 Å². The van der Waals surface area contributed by atoms with E-state index in [9.17, 15) is 0 Å². The first-order chi connectivity index (χ1) is 24.6. The number of rotatable bonds is 11. The van der Waals surface area contributed by atoms with E-state index in [1.165, 1.54) is 79.8 Å². The quantitative estimate of drug-likeness (QED) is 0.111. The fourth-order valence-corrected chi connectivity index (χ4v) is 9.55. The maximum absolute atomic E-state index is 6.47. The Bertz CT molecular complexity index is 1970. The highest BCUT2D eigenvalue weighted by Crippen LogP contribution is 2.31. The zero-order valence-electron chi connectivity index (χ0n) is 29.0. The van der Waals surface area contributed by atoms with Crippen molar-refractivity contribution in [2.45, 2.75) is 48.6 Å². The molecule has 0 saturated carbocycles. The summed E-state index contributed by atoms with van der Waals surface area (Å²) in [5.74, 6) is 2.13. The topological polar surface area (TPSA) is 14.2 Å². The van der Waals surface area contributed by atoms with Gasteiger partial charge in [0.2, 0.25) is 11.0 Å². The van der Waals surface area contributed by atoms with Gasteiger partial charge in [0.1, 0.15) is 0 Å². The number of hydrogen-bond donors (Lipinski definition) is 0. The second-order valence-corrected chi connectivity index (χ2v) is 16.6. The third-order valence-corrected chi connectivity index (χ3v) is 12.7. The molecule has 2 aliphatic rings. The molecule has 0 radical (unpaired) electrons. The molecule has 270 valence electrons. The summed E-state index contributed by atoms with van der Waals surface area (Å²) in [6.07, 6.45) is 9.52. The Morgan fingerprint density at radius 2 is 0.885 bits per heavy atom. The molecule has 4 heterocycles. The third kappa shape index (κ3) is 9.07. The molecule has 4 nitrogen and oxygen atoms in total. The number of nitrogens with zero attached hydrogens (tertiary/aromatic N) is 4. The smallest absolute Gasteiger partial charge is 0.216 e. The summed E-state index contributed by atoms with van der Waals surface area (Å²) < 4.78 is 4.65. The van der Waals surface area contributed by atoms with Crippen molar-refractivity contribution in [3.8, 4) is 0 Å². The number of benzene rings is 4. The van der Waals surface area contributed by atoms with Gasteiger partial charge in [-0.25, -0.2) is 0 Å². The second-order valence-electron chi connectivity index (χ2n) is 13.4. The molecule has 0 atom stereocenters. The van der Waals surface area contributed by atoms with Crippen molar-refractivity contribution in [2.75, 3.05) is 47.5 Å². The van der Waals surface area contributed by atoms with E-state index in [4.69, 9.17) is 23.2 Å². The molecule has 2 aliphatic heterocycles. The van der Waals surface area contributed by atoms with Crippen LogP contribution in [0.15, 0.2) is 119 Å². The molecule has 52 heavy (non-hydrogen) atoms. The minimum atomic E-state index is 0. The van der Waals surface area contributed by atoms with E-state index in [1.54, 1.807) is 0 Å². The summed E-state index contributed by atoms with van der Waals surface area (Å²) in [4.78, 5) is 7.64. The number of aromatic nitrogens is 2. The van der Waals surface area contributed by atoms with Crippen LogP contribution in [0.4, 0.5) is 11.4 Å². The molecule has 10 heteroatoms. The van der Waals surface area contributed by atoms with Crippen LogP contribution in [0.1, 0.15) is 36.8 Å². The zero-order chi connectivity index (χ0) is 33.9. The maximum Gasteiger partial charge on any atom is 0.216 e. The van der Waals surface area contributed by atoms with Gasteiger partial charge in [0.15, 0.2) is 25.5 Å². The minimum absolute atomic E-state index is 0. The monoisotopic (exact) mass is 894 g/mol. The van der Waals surface area contributed by atoms with E-state index in [0.717, 1.165) is 60.8 Å². The zero-order valence-corrected chi connectivity index (χ0v) is 35.3. The van der Waals surface area contributed by atoms with Crippen molar-refractivity contribution in [3.63, 3.8) is 0 Å². The highest BCUT2D eigenvalue weighted by molar-refractivity contribution is 8.03. The predicted molar refractivity (Wildman–Crippen MR) is 214 cm³/mol. The summed E-state index contributed by atoms with van der Waals surface area (Å²) in [5, 5.41) is 4.11. The standard InChI is InChI=1S/C42H42Cl2N4S2.2BrH/c43-33-9-15-37-39(45-19-1-2-20-45)17-23-47(41(37)27-33)29-31-5-11-35(12-6-31)49-25-26-50-36-13-7-32(8-14-36)30-48-24-18-40(46-21-3-4-22-46)38-16-10-34(44)28-42(38)48;;/h5-18,23-24,27-28H,1-4,19-22,25-26,29-30H2;2*1H/q+2;;/p-2. The van der Waals surface area contributed by atoms with Gasteiger partial charge in [0, 0.05) is 92.9 Å². The first kappa shape index (κ1) is 39.2. The van der Waals surface area contributed by atoms with Crippen LogP contribution in [-0.2, 0) is 13.1 Å². The van der Waals surface area contributed by atoms with Crippen molar-refractivity contribution in [3.05, 3.63) is 131 Å². The van der Waals surface area contributed by atoms with Gasteiger partial charge in [0.25, 0.3) is 0 Å². The van der Waals surface area contributed by atoms with Crippen LogP contribution in [-0.4, -0.2) is 37.7 Å². The van der Waals surface area contributed by atoms with Crippen LogP contribution < -0.4 is 52.9 Å². The average molecular weight is 898 g/mol. The SMILES string of the molecule is Clc1ccc2c(N3CCCC3)cc[n+](Cc3ccc(SCCSc4ccc(C[n+]5ccc(N6CCCC6)c6ccc(Cl)cc65)cc4)cc3)c2c1.[Br-].[Br-]. The Balaban J connectivity index is 0.00000232. The van der Waals surface area contributed by atoms with Gasteiger partial charge in [-0.1, -0.05) is 47.5 Å². The molecule has 2 aromatic heterocycles. The first-order valence-electron chi connectivity index (χ1n) is 17.7. The average Bonchev–Trinajstić information content (AvgIpc) is 3.88. The van der Waals surface area contributed by atoms with Gasteiger partial charge in [-0.3, -0.25) is 0 Å². The molecular formula is C42H42Br2Cl2N4S2. The lowest BCUT2D eigenvalue weighted by Gasteiger charge is -2.19. The molecule has 0 aliphatic carbocycles. The van der Waals surface area contributed by atoms with Crippen molar-refractivity contribution in [1.29, 1.82) is 0 Å². The first-order valence-corrected chi connectivity index (χ1v) is 20.5.